The lowest BCUT2D eigenvalue weighted by molar-refractivity contribution is 0.349. The van der Waals surface area contributed by atoms with E-state index < -0.39 is 8.25 Å². The lowest BCUT2D eigenvalue weighted by Crippen LogP contribution is -2.09. The van der Waals surface area contributed by atoms with Gasteiger partial charge in [0.15, 0.2) is 11.3 Å². The molecule has 14 heteroatoms. The first-order valence-electron chi connectivity index (χ1n) is 11.5. The summed E-state index contributed by atoms with van der Waals surface area (Å²) in [6, 6.07) is 0. The zero-order valence-corrected chi connectivity index (χ0v) is 20.3. The van der Waals surface area contributed by atoms with Gasteiger partial charge in [0, 0.05) is 23.9 Å². The van der Waals surface area contributed by atoms with Gasteiger partial charge in [-0.2, -0.15) is 9.97 Å². The zero-order chi connectivity index (χ0) is 24.8. The molecule has 4 aromatic rings. The Hall–Kier alpha value is -3.99. The van der Waals surface area contributed by atoms with E-state index in [4.69, 9.17) is 20.5 Å². The van der Waals surface area contributed by atoms with Crippen LogP contribution in [0, 0.1) is 10.8 Å². The van der Waals surface area contributed by atoms with E-state index in [9.17, 15) is 4.57 Å². The number of anilines is 2. The van der Waals surface area contributed by atoms with Gasteiger partial charge in [0.05, 0.1) is 37.6 Å². The maximum absolute atomic E-state index is 12.3. The summed E-state index contributed by atoms with van der Waals surface area (Å²) in [5, 5.41) is 0. The number of imidazole rings is 2. The fraction of sp³-hybridized carbons (Fsp3) is 0.364. The van der Waals surface area contributed by atoms with Gasteiger partial charge in [0.1, 0.15) is 11.0 Å². The van der Waals surface area contributed by atoms with E-state index in [-0.39, 0.29) is 22.7 Å². The van der Waals surface area contributed by atoms with Crippen LogP contribution in [-0.4, -0.2) is 39.0 Å². The second-order valence-corrected chi connectivity index (χ2v) is 10.4. The number of nitrogens with zero attached hydrogens (tertiary/aromatic N) is 8. The number of nitrogen functional groups attached to an aromatic ring is 2. The predicted molar refractivity (Wildman–Crippen MR) is 132 cm³/mol. The van der Waals surface area contributed by atoms with Gasteiger partial charge in [-0.15, -0.1) is 0 Å². The summed E-state index contributed by atoms with van der Waals surface area (Å²) in [4.78, 5) is 25.1. The maximum atomic E-state index is 12.3. The largest absolute Gasteiger partial charge is 0.426 e. The number of hydrogen-bond donors (Lipinski definition) is 2. The Morgan fingerprint density at radius 3 is 1.67 bits per heavy atom. The predicted octanol–water partition coefficient (Wildman–Crippen LogP) is 2.84. The van der Waals surface area contributed by atoms with Crippen molar-refractivity contribution < 1.29 is 13.6 Å². The number of fused-ring (bicyclic) bond motifs is 2. The number of aromatic nitrogens is 8. The SMILES string of the molecule is Nc1ncc2ncn(CC3(C=CO[PH](=O)OC=CC4(Cn5cnc6cnc(N)nc65)CC4)CC3)c2n1. The second kappa shape index (κ2) is 8.59. The van der Waals surface area contributed by atoms with Crippen molar-refractivity contribution in [1.29, 1.82) is 0 Å². The molecule has 2 fully saturated rings. The van der Waals surface area contributed by atoms with Crippen molar-refractivity contribution in [1.82, 2.24) is 39.0 Å². The molecule has 0 aromatic carbocycles. The minimum atomic E-state index is -2.72. The normalized spacial score (nSPS) is 18.8. The molecule has 4 aromatic heterocycles. The molecule has 4 heterocycles. The van der Waals surface area contributed by atoms with Gasteiger partial charge in [-0.05, 0) is 37.8 Å². The molecule has 0 unspecified atom stereocenters. The van der Waals surface area contributed by atoms with Gasteiger partial charge in [-0.3, -0.25) is 0 Å². The summed E-state index contributed by atoms with van der Waals surface area (Å²) in [6.07, 6.45) is 17.4. The molecule has 2 aliphatic carbocycles. The van der Waals surface area contributed by atoms with Gasteiger partial charge in [0.2, 0.25) is 11.9 Å². The molecule has 0 saturated heterocycles. The van der Waals surface area contributed by atoms with Gasteiger partial charge in [-0.1, -0.05) is 0 Å². The average molecular weight is 508 g/mol. The Balaban J connectivity index is 1.02. The number of rotatable bonds is 10. The van der Waals surface area contributed by atoms with E-state index in [1.807, 2.05) is 21.3 Å². The summed E-state index contributed by atoms with van der Waals surface area (Å²) < 4.78 is 26.8. The van der Waals surface area contributed by atoms with Gasteiger partial charge >= 0.3 is 8.25 Å². The number of hydrogen-bond acceptors (Lipinski definition) is 11. The summed E-state index contributed by atoms with van der Waals surface area (Å²) in [5.41, 5.74) is 14.0. The smallest absolute Gasteiger partial charge is 0.417 e. The van der Waals surface area contributed by atoms with Crippen LogP contribution in [0.2, 0.25) is 0 Å². The monoisotopic (exact) mass is 508 g/mol. The second-order valence-electron chi connectivity index (χ2n) is 9.43. The quantitative estimate of drug-likeness (QED) is 0.238. The van der Waals surface area contributed by atoms with Crippen LogP contribution < -0.4 is 11.5 Å². The standard InChI is InChI=1S/C22H25N10O3P/c23-19-25-9-15-17(29-19)31(13-27-15)11-21(1-2-21)5-7-34-36(33)35-8-6-22(3-4-22)12-32-14-28-16-10-26-20(24)30-18(16)32/h5-10,13-14,36H,1-4,11-12H2,(H2,23,25,29)(H2,24,26,30). The molecule has 13 nitrogen and oxygen atoms in total. The molecule has 0 spiro atoms. The van der Waals surface area contributed by atoms with E-state index in [1.54, 1.807) is 25.0 Å². The molecule has 36 heavy (non-hydrogen) atoms. The van der Waals surface area contributed by atoms with Crippen LogP contribution in [0.25, 0.3) is 22.3 Å². The number of allylic oxidation sites excluding steroid dienone is 2. The maximum Gasteiger partial charge on any atom is 0.417 e. The van der Waals surface area contributed by atoms with E-state index in [0.717, 1.165) is 25.7 Å². The molecule has 6 rings (SSSR count). The Kier molecular flexibility index (Phi) is 5.36. The fourth-order valence-corrected chi connectivity index (χ4v) is 4.63. The van der Waals surface area contributed by atoms with Crippen molar-refractivity contribution in [2.45, 2.75) is 38.8 Å². The van der Waals surface area contributed by atoms with Crippen LogP contribution in [0.1, 0.15) is 25.7 Å². The molecule has 4 N–H and O–H groups in total. The first-order chi connectivity index (χ1) is 17.4. The molecule has 0 bridgehead atoms. The van der Waals surface area contributed by atoms with Gasteiger partial charge in [-0.25, -0.2) is 24.5 Å². The van der Waals surface area contributed by atoms with Crippen LogP contribution in [-0.2, 0) is 26.7 Å². The van der Waals surface area contributed by atoms with E-state index in [2.05, 4.69) is 29.9 Å². The Morgan fingerprint density at radius 2 is 1.25 bits per heavy atom. The molecule has 2 saturated carbocycles. The Morgan fingerprint density at radius 1 is 0.806 bits per heavy atom. The summed E-state index contributed by atoms with van der Waals surface area (Å²) in [5.74, 6) is 0.420. The minimum absolute atomic E-state index is 0.0933. The van der Waals surface area contributed by atoms with Crippen LogP contribution in [0.3, 0.4) is 0 Å². The van der Waals surface area contributed by atoms with Crippen molar-refractivity contribution >= 4 is 42.5 Å². The van der Waals surface area contributed by atoms with Crippen molar-refractivity contribution in [3.05, 3.63) is 49.7 Å². The number of nitrogens with two attached hydrogens (primary N) is 2. The van der Waals surface area contributed by atoms with Gasteiger partial charge in [0.25, 0.3) is 0 Å². The van der Waals surface area contributed by atoms with Crippen LogP contribution >= 0.6 is 8.25 Å². The third-order valence-corrected chi connectivity index (χ3v) is 7.34. The lowest BCUT2D eigenvalue weighted by atomic mass is 10.1. The highest BCUT2D eigenvalue weighted by Gasteiger charge is 2.42. The van der Waals surface area contributed by atoms with Crippen LogP contribution in [0.5, 0.6) is 0 Å². The fourth-order valence-electron chi connectivity index (χ4n) is 4.22. The molecular weight excluding hydrogens is 483 g/mol. The highest BCUT2D eigenvalue weighted by molar-refractivity contribution is 7.33. The van der Waals surface area contributed by atoms with Crippen molar-refractivity contribution in [3.63, 3.8) is 0 Å². The summed E-state index contributed by atoms with van der Waals surface area (Å²) >= 11 is 0. The Labute approximate surface area is 206 Å². The average Bonchev–Trinajstić information content (AvgIpc) is 3.72. The molecule has 0 radical (unpaired) electrons. The zero-order valence-electron chi connectivity index (χ0n) is 19.3. The Bertz CT molecular complexity index is 1410. The lowest BCUT2D eigenvalue weighted by Gasteiger charge is -2.12. The van der Waals surface area contributed by atoms with E-state index in [1.165, 1.54) is 12.5 Å². The summed E-state index contributed by atoms with van der Waals surface area (Å²) in [6.45, 7) is 1.34. The molecule has 186 valence electrons. The molecule has 0 aliphatic heterocycles. The third-order valence-electron chi connectivity index (χ3n) is 6.68. The molecule has 0 atom stereocenters. The van der Waals surface area contributed by atoms with E-state index in [0.29, 0.717) is 35.4 Å². The molecular formula is C22H25N10O3P. The topological polar surface area (TPSA) is 175 Å². The molecule has 2 aliphatic rings. The van der Waals surface area contributed by atoms with Crippen molar-refractivity contribution in [2.24, 2.45) is 10.8 Å². The highest BCUT2D eigenvalue weighted by Crippen LogP contribution is 2.50. The van der Waals surface area contributed by atoms with Crippen molar-refractivity contribution in [3.8, 4) is 0 Å². The molecule has 0 amide bonds. The minimum Gasteiger partial charge on any atom is -0.426 e. The van der Waals surface area contributed by atoms with Gasteiger partial charge < -0.3 is 29.6 Å². The first-order valence-corrected chi connectivity index (χ1v) is 12.7. The van der Waals surface area contributed by atoms with Crippen LogP contribution in [0.4, 0.5) is 11.9 Å². The van der Waals surface area contributed by atoms with Crippen molar-refractivity contribution in [2.75, 3.05) is 11.5 Å². The highest BCUT2D eigenvalue weighted by atomic mass is 31.1. The first kappa shape index (κ1) is 22.5. The van der Waals surface area contributed by atoms with Crippen LogP contribution in [0.15, 0.2) is 49.7 Å². The van der Waals surface area contributed by atoms with E-state index >= 15 is 0 Å². The third kappa shape index (κ3) is 4.61. The summed E-state index contributed by atoms with van der Waals surface area (Å²) in [7, 11) is -2.72.